The zero-order valence-corrected chi connectivity index (χ0v) is 20.7. The Bertz CT molecular complexity index is 1070. The van der Waals surface area contributed by atoms with Crippen LogP contribution in [0.3, 0.4) is 0 Å². The molecule has 0 saturated carbocycles. The molecule has 2 aliphatic heterocycles. The van der Waals surface area contributed by atoms with Crippen molar-refractivity contribution in [2.75, 3.05) is 70.2 Å². The highest BCUT2D eigenvalue weighted by Crippen LogP contribution is 2.22. The number of nitrogens with zero attached hydrogens (tertiary/aromatic N) is 3. The van der Waals surface area contributed by atoms with E-state index in [1.807, 2.05) is 18.2 Å². The topological polar surface area (TPSA) is 103 Å². The van der Waals surface area contributed by atoms with E-state index in [-0.39, 0.29) is 30.7 Å². The number of carbonyl (C=O) groups is 3. The molecule has 3 amide bonds. The summed E-state index contributed by atoms with van der Waals surface area (Å²) < 4.78 is 10.5. The van der Waals surface area contributed by atoms with Crippen molar-refractivity contribution in [1.29, 1.82) is 0 Å². The van der Waals surface area contributed by atoms with E-state index < -0.39 is 6.04 Å². The molecule has 0 aromatic heterocycles. The van der Waals surface area contributed by atoms with Crippen LogP contribution in [0.4, 0.5) is 11.4 Å². The second kappa shape index (κ2) is 11.8. The second-order valence-corrected chi connectivity index (χ2v) is 8.84. The summed E-state index contributed by atoms with van der Waals surface area (Å²) in [6.45, 7) is 4.01. The number of anilines is 2. The lowest BCUT2D eigenvalue weighted by atomic mass is 10.1. The van der Waals surface area contributed by atoms with Crippen LogP contribution in [0.5, 0.6) is 11.5 Å². The first kappa shape index (κ1) is 25.3. The summed E-state index contributed by atoms with van der Waals surface area (Å²) in [5.41, 5.74) is 1.69. The summed E-state index contributed by atoms with van der Waals surface area (Å²) in [4.78, 5) is 44.4. The Kier molecular flexibility index (Phi) is 8.27. The summed E-state index contributed by atoms with van der Waals surface area (Å²) in [5.74, 6) is 0.729. The van der Waals surface area contributed by atoms with Gasteiger partial charge >= 0.3 is 0 Å². The summed E-state index contributed by atoms with van der Waals surface area (Å²) in [6.07, 6.45) is -0.104. The minimum absolute atomic E-state index is 0.104. The minimum atomic E-state index is -0.831. The third-order valence-corrected chi connectivity index (χ3v) is 6.55. The first-order chi connectivity index (χ1) is 17.5. The highest BCUT2D eigenvalue weighted by Gasteiger charge is 2.35. The minimum Gasteiger partial charge on any atom is -0.497 e. The zero-order valence-electron chi connectivity index (χ0n) is 20.7. The lowest BCUT2D eigenvalue weighted by molar-refractivity contribution is -0.145. The highest BCUT2D eigenvalue weighted by atomic mass is 16.5. The first-order valence-corrected chi connectivity index (χ1v) is 12.1. The van der Waals surface area contributed by atoms with Gasteiger partial charge in [-0.15, -0.1) is 0 Å². The Morgan fingerprint density at radius 1 is 0.972 bits per heavy atom. The Hall–Kier alpha value is -3.79. The number of hydrogen-bond acceptors (Lipinski definition) is 7. The molecule has 4 rings (SSSR count). The number of nitrogens with one attached hydrogen (secondary N) is 2. The summed E-state index contributed by atoms with van der Waals surface area (Å²) in [6, 6.07) is 14.1. The average Bonchev–Trinajstić information content (AvgIpc) is 2.90. The van der Waals surface area contributed by atoms with Crippen LogP contribution < -0.4 is 25.0 Å². The molecular formula is C26H33N5O5. The van der Waals surface area contributed by atoms with Gasteiger partial charge in [0.25, 0.3) is 0 Å². The van der Waals surface area contributed by atoms with Crippen molar-refractivity contribution >= 4 is 29.1 Å². The fourth-order valence-electron chi connectivity index (χ4n) is 4.53. The number of ether oxygens (including phenoxy) is 2. The standard InChI is InChI=1S/C26H33N5O5/c1-35-21-8-6-19(7-9-21)28-24(32)17-23-26(34)27-10-11-31(23)25(33)18-29-12-14-30(15-13-29)20-4-3-5-22(16-20)36-2/h3-9,16,23H,10-15,17-18H2,1-2H3,(H,27,34)(H,28,32)/t23-/m0/s1. The molecular weight excluding hydrogens is 462 g/mol. The SMILES string of the molecule is COc1ccc(NC(=O)C[C@H]2C(=O)NCCN2C(=O)CN2CCN(c3cccc(OC)c3)CC2)cc1. The number of piperazine rings is 2. The molecule has 2 fully saturated rings. The van der Waals surface area contributed by atoms with Crippen LogP contribution in [-0.4, -0.2) is 93.6 Å². The molecule has 36 heavy (non-hydrogen) atoms. The fraction of sp³-hybridized carbons (Fsp3) is 0.423. The van der Waals surface area contributed by atoms with Gasteiger partial charge in [0, 0.05) is 56.7 Å². The van der Waals surface area contributed by atoms with E-state index in [0.717, 1.165) is 37.6 Å². The Morgan fingerprint density at radius 3 is 2.39 bits per heavy atom. The largest absolute Gasteiger partial charge is 0.497 e. The van der Waals surface area contributed by atoms with Gasteiger partial charge in [0.1, 0.15) is 17.5 Å². The van der Waals surface area contributed by atoms with Gasteiger partial charge in [0.15, 0.2) is 0 Å². The van der Waals surface area contributed by atoms with Crippen LogP contribution in [0.2, 0.25) is 0 Å². The zero-order chi connectivity index (χ0) is 25.5. The predicted octanol–water partition coefficient (Wildman–Crippen LogP) is 1.18. The molecule has 2 aromatic carbocycles. The molecule has 2 heterocycles. The van der Waals surface area contributed by atoms with E-state index in [4.69, 9.17) is 9.47 Å². The Labute approximate surface area is 211 Å². The van der Waals surface area contributed by atoms with Gasteiger partial charge in [-0.2, -0.15) is 0 Å². The van der Waals surface area contributed by atoms with Gasteiger partial charge < -0.3 is 29.9 Å². The molecule has 2 N–H and O–H groups in total. The summed E-state index contributed by atoms with van der Waals surface area (Å²) in [7, 11) is 3.22. The van der Waals surface area contributed by atoms with Crippen LogP contribution in [0.15, 0.2) is 48.5 Å². The number of carbonyl (C=O) groups excluding carboxylic acids is 3. The third-order valence-electron chi connectivity index (χ3n) is 6.55. The number of methoxy groups -OCH3 is 2. The van der Waals surface area contributed by atoms with Crippen molar-refractivity contribution in [3.05, 3.63) is 48.5 Å². The second-order valence-electron chi connectivity index (χ2n) is 8.84. The van der Waals surface area contributed by atoms with Crippen molar-refractivity contribution in [3.63, 3.8) is 0 Å². The van der Waals surface area contributed by atoms with E-state index in [1.54, 1.807) is 43.4 Å². The number of amides is 3. The molecule has 10 nitrogen and oxygen atoms in total. The molecule has 0 spiro atoms. The maximum absolute atomic E-state index is 13.2. The van der Waals surface area contributed by atoms with Crippen LogP contribution in [0, 0.1) is 0 Å². The summed E-state index contributed by atoms with van der Waals surface area (Å²) in [5, 5.41) is 5.57. The van der Waals surface area contributed by atoms with Crippen LogP contribution in [0.25, 0.3) is 0 Å². The van der Waals surface area contributed by atoms with Gasteiger partial charge in [-0.1, -0.05) is 6.07 Å². The van der Waals surface area contributed by atoms with E-state index in [1.165, 1.54) is 0 Å². The molecule has 2 aromatic rings. The Balaban J connectivity index is 1.31. The van der Waals surface area contributed by atoms with Crippen molar-refractivity contribution in [2.24, 2.45) is 0 Å². The molecule has 2 aliphatic rings. The van der Waals surface area contributed by atoms with Gasteiger partial charge in [-0.25, -0.2) is 0 Å². The first-order valence-electron chi connectivity index (χ1n) is 12.1. The summed E-state index contributed by atoms with van der Waals surface area (Å²) >= 11 is 0. The van der Waals surface area contributed by atoms with Crippen molar-refractivity contribution < 1.29 is 23.9 Å². The normalized spacial score (nSPS) is 18.4. The lowest BCUT2D eigenvalue weighted by Crippen LogP contribution is -2.60. The van der Waals surface area contributed by atoms with E-state index in [0.29, 0.717) is 24.5 Å². The van der Waals surface area contributed by atoms with Crippen molar-refractivity contribution in [3.8, 4) is 11.5 Å². The molecule has 0 bridgehead atoms. The van der Waals surface area contributed by atoms with Gasteiger partial charge in [-0.3, -0.25) is 19.3 Å². The average molecular weight is 496 g/mol. The Morgan fingerprint density at radius 2 is 1.69 bits per heavy atom. The third kappa shape index (κ3) is 6.25. The van der Waals surface area contributed by atoms with Gasteiger partial charge in [0.05, 0.1) is 27.2 Å². The monoisotopic (exact) mass is 495 g/mol. The smallest absolute Gasteiger partial charge is 0.243 e. The van der Waals surface area contributed by atoms with Crippen molar-refractivity contribution in [1.82, 2.24) is 15.1 Å². The number of hydrogen-bond donors (Lipinski definition) is 2. The maximum Gasteiger partial charge on any atom is 0.243 e. The molecule has 1 atom stereocenters. The van der Waals surface area contributed by atoms with Crippen LogP contribution in [0.1, 0.15) is 6.42 Å². The predicted molar refractivity (Wildman–Crippen MR) is 136 cm³/mol. The molecule has 0 aliphatic carbocycles. The highest BCUT2D eigenvalue weighted by molar-refractivity contribution is 5.97. The quantitative estimate of drug-likeness (QED) is 0.567. The van der Waals surface area contributed by atoms with E-state index in [2.05, 4.69) is 26.5 Å². The van der Waals surface area contributed by atoms with E-state index >= 15 is 0 Å². The molecule has 0 unspecified atom stereocenters. The number of rotatable bonds is 8. The number of benzene rings is 2. The molecule has 10 heteroatoms. The molecule has 2 saturated heterocycles. The van der Waals surface area contributed by atoms with Gasteiger partial charge in [0.2, 0.25) is 17.7 Å². The molecule has 0 radical (unpaired) electrons. The maximum atomic E-state index is 13.2. The fourth-order valence-corrected chi connectivity index (χ4v) is 4.53. The lowest BCUT2D eigenvalue weighted by Gasteiger charge is -2.39. The van der Waals surface area contributed by atoms with Crippen molar-refractivity contribution in [2.45, 2.75) is 12.5 Å². The van der Waals surface area contributed by atoms with Crippen LogP contribution in [-0.2, 0) is 14.4 Å². The van der Waals surface area contributed by atoms with Crippen LogP contribution >= 0.6 is 0 Å². The van der Waals surface area contributed by atoms with Gasteiger partial charge in [-0.05, 0) is 36.4 Å². The van der Waals surface area contributed by atoms with E-state index in [9.17, 15) is 14.4 Å². The molecule has 192 valence electrons.